The van der Waals surface area contributed by atoms with Gasteiger partial charge in [-0.25, -0.2) is 13.6 Å². The van der Waals surface area contributed by atoms with E-state index in [0.717, 1.165) is 28.1 Å². The summed E-state index contributed by atoms with van der Waals surface area (Å²) in [4.78, 5) is 0.101. The number of hydrogen-bond donors (Lipinski definition) is 2. The zero-order valence-corrected chi connectivity index (χ0v) is 14.1. The number of nitrogens with two attached hydrogens (primary N) is 2. The fraction of sp³-hybridized carbons (Fsp3) is 0.111. The number of aromatic nitrogens is 1. The third-order valence-electron chi connectivity index (χ3n) is 3.99. The highest BCUT2D eigenvalue weighted by molar-refractivity contribution is 7.89. The second-order valence-corrected chi connectivity index (χ2v) is 7.22. The van der Waals surface area contributed by atoms with Crippen molar-refractivity contribution in [3.05, 3.63) is 71.9 Å². The quantitative estimate of drug-likeness (QED) is 0.764. The third-order valence-corrected chi connectivity index (χ3v) is 4.92. The molecule has 0 aliphatic heterocycles. The van der Waals surface area contributed by atoms with E-state index in [0.29, 0.717) is 6.54 Å². The van der Waals surface area contributed by atoms with Gasteiger partial charge in [0.1, 0.15) is 0 Å². The van der Waals surface area contributed by atoms with Crippen LogP contribution in [0, 0.1) is 6.92 Å². The van der Waals surface area contributed by atoms with E-state index in [9.17, 15) is 8.42 Å². The molecule has 5 nitrogen and oxygen atoms in total. The number of benzene rings is 2. The van der Waals surface area contributed by atoms with E-state index < -0.39 is 10.0 Å². The molecule has 0 atom stereocenters. The number of sulfonamides is 1. The summed E-state index contributed by atoms with van der Waals surface area (Å²) < 4.78 is 24.8. The molecule has 2 aromatic carbocycles. The molecule has 0 fully saturated rings. The lowest BCUT2D eigenvalue weighted by Crippen LogP contribution is -2.12. The molecule has 0 aliphatic rings. The molecule has 0 saturated carbocycles. The Morgan fingerprint density at radius 3 is 2.12 bits per heavy atom. The Labute approximate surface area is 141 Å². The van der Waals surface area contributed by atoms with Gasteiger partial charge >= 0.3 is 0 Å². The summed E-state index contributed by atoms with van der Waals surface area (Å²) in [5, 5.41) is 5.15. The van der Waals surface area contributed by atoms with Crippen LogP contribution >= 0.6 is 0 Å². The van der Waals surface area contributed by atoms with Gasteiger partial charge in [0.2, 0.25) is 10.0 Å². The molecule has 0 radical (unpaired) electrons. The van der Waals surface area contributed by atoms with Crippen molar-refractivity contribution < 1.29 is 8.42 Å². The monoisotopic (exact) mass is 341 g/mol. The Kier molecular flexibility index (Phi) is 4.28. The highest BCUT2D eigenvalue weighted by atomic mass is 32.2. The van der Waals surface area contributed by atoms with Crippen molar-refractivity contribution in [3.8, 4) is 16.9 Å². The van der Waals surface area contributed by atoms with Crippen molar-refractivity contribution in [2.45, 2.75) is 18.4 Å². The lowest BCUT2D eigenvalue weighted by molar-refractivity contribution is 0.598. The molecule has 6 heteroatoms. The van der Waals surface area contributed by atoms with Crippen LogP contribution in [-0.2, 0) is 16.6 Å². The van der Waals surface area contributed by atoms with Crippen LogP contribution in [0.2, 0.25) is 0 Å². The van der Waals surface area contributed by atoms with Crippen LogP contribution in [0.15, 0.2) is 65.7 Å². The minimum atomic E-state index is -3.69. The Morgan fingerprint density at radius 2 is 1.58 bits per heavy atom. The highest BCUT2D eigenvalue weighted by Gasteiger charge is 2.12. The molecular weight excluding hydrogens is 322 g/mol. The SMILES string of the molecule is Cc1ccn(-c2ccc(S(N)(=O)=O)cc2)c1-c1ccc(CN)cc1. The van der Waals surface area contributed by atoms with Gasteiger partial charge in [0.25, 0.3) is 0 Å². The molecule has 0 bridgehead atoms. The van der Waals surface area contributed by atoms with Gasteiger partial charge in [-0.2, -0.15) is 0 Å². The third kappa shape index (κ3) is 3.12. The summed E-state index contributed by atoms with van der Waals surface area (Å²) in [7, 11) is -3.69. The van der Waals surface area contributed by atoms with Crippen LogP contribution in [0.25, 0.3) is 16.9 Å². The van der Waals surface area contributed by atoms with Gasteiger partial charge in [-0.15, -0.1) is 0 Å². The molecule has 3 aromatic rings. The predicted octanol–water partition coefficient (Wildman–Crippen LogP) is 2.56. The van der Waals surface area contributed by atoms with Crippen LogP contribution in [0.3, 0.4) is 0 Å². The van der Waals surface area contributed by atoms with Gasteiger partial charge in [-0.05, 0) is 53.9 Å². The molecule has 0 amide bonds. The first-order chi connectivity index (χ1) is 11.4. The Morgan fingerprint density at radius 1 is 0.958 bits per heavy atom. The first kappa shape index (κ1) is 16.4. The zero-order chi connectivity index (χ0) is 17.3. The first-order valence-electron chi connectivity index (χ1n) is 7.51. The van der Waals surface area contributed by atoms with Crippen LogP contribution in [0.4, 0.5) is 0 Å². The second kappa shape index (κ2) is 6.24. The zero-order valence-electron chi connectivity index (χ0n) is 13.3. The van der Waals surface area contributed by atoms with Crippen molar-refractivity contribution >= 4 is 10.0 Å². The second-order valence-electron chi connectivity index (χ2n) is 5.66. The van der Waals surface area contributed by atoms with Gasteiger partial charge in [-0.3, -0.25) is 0 Å². The van der Waals surface area contributed by atoms with Crippen molar-refractivity contribution in [1.82, 2.24) is 4.57 Å². The van der Waals surface area contributed by atoms with Crippen molar-refractivity contribution in [3.63, 3.8) is 0 Å². The molecule has 1 aromatic heterocycles. The van der Waals surface area contributed by atoms with Crippen LogP contribution < -0.4 is 10.9 Å². The van der Waals surface area contributed by atoms with Gasteiger partial charge in [0.15, 0.2) is 0 Å². The fourth-order valence-corrected chi connectivity index (χ4v) is 3.22. The van der Waals surface area contributed by atoms with Crippen molar-refractivity contribution in [2.75, 3.05) is 0 Å². The normalized spacial score (nSPS) is 11.6. The summed E-state index contributed by atoms with van der Waals surface area (Å²) in [6, 6.07) is 16.7. The number of nitrogens with zero attached hydrogens (tertiary/aromatic N) is 1. The number of hydrogen-bond acceptors (Lipinski definition) is 3. The summed E-state index contributed by atoms with van der Waals surface area (Å²) in [5.41, 5.74) is 10.9. The molecular formula is C18H19N3O2S. The molecule has 0 aliphatic carbocycles. The molecule has 0 saturated heterocycles. The summed E-state index contributed by atoms with van der Waals surface area (Å²) >= 11 is 0. The molecule has 24 heavy (non-hydrogen) atoms. The maximum atomic E-state index is 11.4. The molecule has 1 heterocycles. The Balaban J connectivity index is 2.06. The number of aryl methyl sites for hydroxylation is 1. The molecule has 0 unspecified atom stereocenters. The maximum Gasteiger partial charge on any atom is 0.238 e. The number of rotatable bonds is 4. The number of primary sulfonamides is 1. The summed E-state index contributed by atoms with van der Waals surface area (Å²) in [6.45, 7) is 2.55. The Bertz CT molecular complexity index is 957. The molecule has 4 N–H and O–H groups in total. The largest absolute Gasteiger partial charge is 0.326 e. The van der Waals surface area contributed by atoms with Crippen LogP contribution in [0.1, 0.15) is 11.1 Å². The van der Waals surface area contributed by atoms with Crippen molar-refractivity contribution in [1.29, 1.82) is 0 Å². The van der Waals surface area contributed by atoms with Gasteiger partial charge in [-0.1, -0.05) is 24.3 Å². The van der Waals surface area contributed by atoms with Gasteiger partial charge in [0.05, 0.1) is 10.6 Å². The first-order valence-corrected chi connectivity index (χ1v) is 9.05. The lowest BCUT2D eigenvalue weighted by atomic mass is 10.1. The smallest absolute Gasteiger partial charge is 0.238 e. The summed E-state index contributed by atoms with van der Waals surface area (Å²) in [6.07, 6.45) is 1.97. The maximum absolute atomic E-state index is 11.4. The predicted molar refractivity (Wildman–Crippen MR) is 95.2 cm³/mol. The average molecular weight is 341 g/mol. The van der Waals surface area contributed by atoms with Crippen molar-refractivity contribution in [2.24, 2.45) is 10.9 Å². The van der Waals surface area contributed by atoms with E-state index in [1.165, 1.54) is 12.1 Å². The standard InChI is InChI=1S/C18H19N3O2S/c1-13-10-11-21(16-6-8-17(9-7-16)24(20,22)23)18(13)15-4-2-14(12-19)3-5-15/h2-11H,12,19H2,1H3,(H2,20,22,23). The topological polar surface area (TPSA) is 91.1 Å². The highest BCUT2D eigenvalue weighted by Crippen LogP contribution is 2.28. The Hall–Kier alpha value is -2.41. The van der Waals surface area contributed by atoms with Crippen LogP contribution in [-0.4, -0.2) is 13.0 Å². The molecule has 3 rings (SSSR count). The van der Waals surface area contributed by atoms with E-state index in [1.54, 1.807) is 12.1 Å². The van der Waals surface area contributed by atoms with Crippen LogP contribution in [0.5, 0.6) is 0 Å². The molecule has 124 valence electrons. The van der Waals surface area contributed by atoms with E-state index in [-0.39, 0.29) is 4.90 Å². The fourth-order valence-electron chi connectivity index (χ4n) is 2.71. The average Bonchev–Trinajstić information content (AvgIpc) is 2.96. The lowest BCUT2D eigenvalue weighted by Gasteiger charge is -2.12. The van der Waals surface area contributed by atoms with Gasteiger partial charge in [0, 0.05) is 18.4 Å². The molecule has 0 spiro atoms. The van der Waals surface area contributed by atoms with E-state index in [4.69, 9.17) is 10.9 Å². The van der Waals surface area contributed by atoms with E-state index >= 15 is 0 Å². The van der Waals surface area contributed by atoms with E-state index in [1.807, 2.05) is 48.0 Å². The summed E-state index contributed by atoms with van der Waals surface area (Å²) in [5.74, 6) is 0. The van der Waals surface area contributed by atoms with E-state index in [2.05, 4.69) is 0 Å². The minimum Gasteiger partial charge on any atom is -0.326 e. The van der Waals surface area contributed by atoms with Gasteiger partial charge < -0.3 is 10.3 Å². The minimum absolute atomic E-state index is 0.101.